The van der Waals surface area contributed by atoms with E-state index in [1.54, 1.807) is 7.05 Å². The zero-order valence-corrected chi connectivity index (χ0v) is 18.8. The standard InChI is InChI=1S/C21H18ClF4N5O4/c1-27-5-2-6-34-16-7-11(23)3-4-15(16)35-20-13(9-14(22)18(30-20)21(24,25)26)19(33)29-12-8-17(32)31-28-10-12/h3-4,7-10,27H,2,5-6H2,1H3,(H2,29,31,32,33). The lowest BCUT2D eigenvalue weighted by Gasteiger charge is -2.16. The molecule has 3 N–H and O–H groups in total. The summed E-state index contributed by atoms with van der Waals surface area (Å²) in [5.74, 6) is -2.75. The van der Waals surface area contributed by atoms with Crippen molar-refractivity contribution in [3.63, 3.8) is 0 Å². The van der Waals surface area contributed by atoms with E-state index in [2.05, 4.69) is 25.8 Å². The van der Waals surface area contributed by atoms with Gasteiger partial charge in [-0.25, -0.2) is 14.5 Å². The molecule has 3 rings (SSSR count). The molecule has 1 amide bonds. The minimum atomic E-state index is -4.96. The molecule has 0 saturated carbocycles. The molecule has 0 radical (unpaired) electrons. The van der Waals surface area contributed by atoms with E-state index in [1.165, 1.54) is 0 Å². The second-order valence-corrected chi connectivity index (χ2v) is 7.36. The number of hydrogen-bond donors (Lipinski definition) is 3. The van der Waals surface area contributed by atoms with Gasteiger partial charge in [-0.05, 0) is 38.2 Å². The third-order valence-electron chi connectivity index (χ3n) is 4.32. The van der Waals surface area contributed by atoms with Gasteiger partial charge >= 0.3 is 6.18 Å². The van der Waals surface area contributed by atoms with Crippen LogP contribution in [0.3, 0.4) is 0 Å². The Morgan fingerprint density at radius 2 is 1.97 bits per heavy atom. The van der Waals surface area contributed by atoms with Crippen LogP contribution in [-0.4, -0.2) is 41.3 Å². The Balaban J connectivity index is 2.01. The van der Waals surface area contributed by atoms with E-state index in [9.17, 15) is 27.2 Å². The summed E-state index contributed by atoms with van der Waals surface area (Å²) >= 11 is 5.75. The summed E-state index contributed by atoms with van der Waals surface area (Å²) in [5, 5.41) is 9.97. The normalized spacial score (nSPS) is 11.3. The van der Waals surface area contributed by atoms with Gasteiger partial charge < -0.3 is 20.1 Å². The summed E-state index contributed by atoms with van der Waals surface area (Å²) in [4.78, 5) is 27.6. The fraction of sp³-hybridized carbons (Fsp3) is 0.238. The van der Waals surface area contributed by atoms with Gasteiger partial charge in [0.25, 0.3) is 11.5 Å². The molecule has 14 heteroatoms. The Kier molecular flexibility index (Phi) is 8.25. The summed E-state index contributed by atoms with van der Waals surface area (Å²) in [6, 6.07) is 4.82. The Hall–Kier alpha value is -3.71. The maximum absolute atomic E-state index is 13.8. The van der Waals surface area contributed by atoms with Crippen LogP contribution in [0.4, 0.5) is 23.2 Å². The predicted molar refractivity (Wildman–Crippen MR) is 118 cm³/mol. The quantitative estimate of drug-likeness (QED) is 0.291. The average Bonchev–Trinajstić information content (AvgIpc) is 2.78. The first-order valence-electron chi connectivity index (χ1n) is 9.97. The molecule has 0 saturated heterocycles. The fourth-order valence-corrected chi connectivity index (χ4v) is 3.03. The van der Waals surface area contributed by atoms with E-state index >= 15 is 0 Å². The number of ether oxygens (including phenoxy) is 2. The number of H-pyrrole nitrogens is 1. The average molecular weight is 516 g/mol. The van der Waals surface area contributed by atoms with Gasteiger partial charge in [0.05, 0.1) is 23.5 Å². The van der Waals surface area contributed by atoms with Crippen LogP contribution in [0.25, 0.3) is 0 Å². The van der Waals surface area contributed by atoms with Crippen molar-refractivity contribution in [2.45, 2.75) is 12.6 Å². The molecule has 9 nitrogen and oxygen atoms in total. The summed E-state index contributed by atoms with van der Waals surface area (Å²) in [7, 11) is 1.73. The molecule has 3 aromatic rings. The maximum atomic E-state index is 13.8. The summed E-state index contributed by atoms with van der Waals surface area (Å²) in [5.41, 5.74) is -2.67. The fourth-order valence-electron chi connectivity index (χ4n) is 2.77. The molecule has 0 unspecified atom stereocenters. The highest BCUT2D eigenvalue weighted by Crippen LogP contribution is 2.39. The van der Waals surface area contributed by atoms with Crippen molar-refractivity contribution in [3.8, 4) is 17.4 Å². The molecule has 0 aliphatic rings. The van der Waals surface area contributed by atoms with Gasteiger partial charge in [-0.2, -0.15) is 18.3 Å². The number of alkyl halides is 3. The Morgan fingerprint density at radius 3 is 2.66 bits per heavy atom. The number of pyridine rings is 1. The lowest BCUT2D eigenvalue weighted by Crippen LogP contribution is -2.18. The molecule has 0 atom stereocenters. The van der Waals surface area contributed by atoms with Crippen molar-refractivity contribution in [1.29, 1.82) is 0 Å². The number of nitrogens with zero attached hydrogens (tertiary/aromatic N) is 2. The van der Waals surface area contributed by atoms with Crippen molar-refractivity contribution in [2.24, 2.45) is 0 Å². The number of halogens is 5. The summed E-state index contributed by atoms with van der Waals surface area (Å²) < 4.78 is 65.1. The number of carbonyl (C=O) groups is 1. The molecule has 0 bridgehead atoms. The maximum Gasteiger partial charge on any atom is 0.434 e. The van der Waals surface area contributed by atoms with E-state index in [0.29, 0.717) is 13.0 Å². The van der Waals surface area contributed by atoms with Gasteiger partial charge in [0, 0.05) is 12.1 Å². The predicted octanol–water partition coefficient (Wildman–Crippen LogP) is 4.01. The van der Waals surface area contributed by atoms with E-state index < -0.39 is 45.6 Å². The first kappa shape index (κ1) is 25.9. The molecule has 2 heterocycles. The third kappa shape index (κ3) is 6.90. The van der Waals surface area contributed by atoms with Gasteiger partial charge in [-0.1, -0.05) is 11.6 Å². The zero-order chi connectivity index (χ0) is 25.6. The van der Waals surface area contributed by atoms with E-state index in [-0.39, 0.29) is 23.8 Å². The third-order valence-corrected chi connectivity index (χ3v) is 4.61. The van der Waals surface area contributed by atoms with Crippen LogP contribution in [0.15, 0.2) is 41.3 Å². The van der Waals surface area contributed by atoms with Crippen molar-refractivity contribution in [2.75, 3.05) is 25.5 Å². The first-order chi connectivity index (χ1) is 16.6. The largest absolute Gasteiger partial charge is 0.490 e. The van der Waals surface area contributed by atoms with Crippen LogP contribution in [0.1, 0.15) is 22.5 Å². The number of aromatic amines is 1. The van der Waals surface area contributed by atoms with E-state index in [1.807, 2.05) is 0 Å². The molecule has 35 heavy (non-hydrogen) atoms. The molecule has 186 valence electrons. The smallest absolute Gasteiger partial charge is 0.434 e. The SMILES string of the molecule is CNCCCOc1cc(F)ccc1Oc1nc(C(F)(F)F)c(Cl)cc1C(=O)Nc1cn[nH]c(=O)c1. The highest BCUT2D eigenvalue weighted by molar-refractivity contribution is 6.31. The van der Waals surface area contributed by atoms with E-state index in [0.717, 1.165) is 36.5 Å². The van der Waals surface area contributed by atoms with E-state index in [4.69, 9.17) is 21.1 Å². The van der Waals surface area contributed by atoms with Gasteiger partial charge in [0.15, 0.2) is 17.2 Å². The number of anilines is 1. The van der Waals surface area contributed by atoms with Crippen LogP contribution in [-0.2, 0) is 6.18 Å². The van der Waals surface area contributed by atoms with Gasteiger partial charge in [0.1, 0.15) is 11.4 Å². The first-order valence-corrected chi connectivity index (χ1v) is 10.3. The van der Waals surface area contributed by atoms with Crippen LogP contribution >= 0.6 is 11.6 Å². The van der Waals surface area contributed by atoms with Crippen molar-refractivity contribution in [3.05, 3.63) is 69.0 Å². The topological polar surface area (TPSA) is 118 Å². The molecule has 1 aromatic carbocycles. The molecule has 0 spiro atoms. The second kappa shape index (κ2) is 11.1. The van der Waals surface area contributed by atoms with Gasteiger partial charge in [-0.3, -0.25) is 9.59 Å². The zero-order valence-electron chi connectivity index (χ0n) is 18.0. The van der Waals surface area contributed by atoms with Crippen molar-refractivity contribution < 1.29 is 31.8 Å². The lowest BCUT2D eigenvalue weighted by atomic mass is 10.2. The van der Waals surface area contributed by atoms with Crippen molar-refractivity contribution in [1.82, 2.24) is 20.5 Å². The van der Waals surface area contributed by atoms with Crippen LogP contribution in [0.5, 0.6) is 17.4 Å². The molecule has 0 aliphatic carbocycles. The highest BCUT2D eigenvalue weighted by atomic mass is 35.5. The number of aromatic nitrogens is 3. The van der Waals surface area contributed by atoms with Crippen LogP contribution < -0.4 is 25.7 Å². The van der Waals surface area contributed by atoms with Gasteiger partial charge in [0.2, 0.25) is 5.88 Å². The van der Waals surface area contributed by atoms with Gasteiger partial charge in [-0.15, -0.1) is 0 Å². The number of nitrogens with one attached hydrogen (secondary N) is 3. The van der Waals surface area contributed by atoms with Crippen LogP contribution in [0, 0.1) is 5.82 Å². The molecule has 2 aromatic heterocycles. The molecule has 0 fully saturated rings. The van der Waals surface area contributed by atoms with Crippen LogP contribution in [0.2, 0.25) is 5.02 Å². The second-order valence-electron chi connectivity index (χ2n) is 6.96. The molecular formula is C21H18ClF4N5O4. The summed E-state index contributed by atoms with van der Waals surface area (Å²) in [6.07, 6.45) is -3.31. The minimum Gasteiger partial charge on any atom is -0.490 e. The number of carbonyl (C=O) groups excluding carboxylic acids is 1. The Labute approximate surface area is 200 Å². The number of benzene rings is 1. The Morgan fingerprint density at radius 1 is 1.20 bits per heavy atom. The number of rotatable bonds is 9. The summed E-state index contributed by atoms with van der Waals surface area (Å²) in [6.45, 7) is 0.742. The Bertz CT molecular complexity index is 1270. The number of amides is 1. The minimum absolute atomic E-state index is 0.0453. The highest BCUT2D eigenvalue weighted by Gasteiger charge is 2.37. The molecule has 0 aliphatic heterocycles. The number of hydrogen-bond acceptors (Lipinski definition) is 7. The lowest BCUT2D eigenvalue weighted by molar-refractivity contribution is -0.141. The monoisotopic (exact) mass is 515 g/mol. The molecular weight excluding hydrogens is 498 g/mol. The van der Waals surface area contributed by atoms with Crippen molar-refractivity contribution >= 4 is 23.2 Å².